The summed E-state index contributed by atoms with van der Waals surface area (Å²) in [5.74, 6) is 0.539. The summed E-state index contributed by atoms with van der Waals surface area (Å²) in [4.78, 5) is 12.0. The topological polar surface area (TPSA) is 59.9 Å². The van der Waals surface area contributed by atoms with Crippen molar-refractivity contribution in [3.8, 4) is 11.5 Å². The molecule has 0 fully saturated rings. The molecule has 0 heterocycles. The van der Waals surface area contributed by atoms with Gasteiger partial charge in [-0.2, -0.15) is 5.10 Å². The molecule has 0 bridgehead atoms. The van der Waals surface area contributed by atoms with Crippen molar-refractivity contribution in [1.29, 1.82) is 0 Å². The van der Waals surface area contributed by atoms with Crippen molar-refractivity contribution >= 4 is 50.6 Å². The van der Waals surface area contributed by atoms with E-state index in [2.05, 4.69) is 49.0 Å². The number of nitrogens with zero attached hydrogens (tertiary/aromatic N) is 1. The number of ether oxygens (including phenoxy) is 2. The molecule has 3 aromatic rings. The van der Waals surface area contributed by atoms with Gasteiger partial charge >= 0.3 is 0 Å². The number of amides is 1. The van der Waals surface area contributed by atoms with Crippen molar-refractivity contribution in [2.24, 2.45) is 5.10 Å². The summed E-state index contributed by atoms with van der Waals surface area (Å²) < 4.78 is 26.6. The second kappa shape index (κ2) is 12.0. The van der Waals surface area contributed by atoms with E-state index in [0.29, 0.717) is 34.7 Å². The van der Waals surface area contributed by atoms with E-state index in [1.807, 2.05) is 37.3 Å². The monoisotopic (exact) mass is 610 g/mol. The maximum atomic E-state index is 13.0. The first-order valence-electron chi connectivity index (χ1n) is 9.84. The molecule has 3 aromatic carbocycles. The fourth-order valence-corrected chi connectivity index (χ4v) is 3.74. The highest BCUT2D eigenvalue weighted by atomic mass is 127. The highest BCUT2D eigenvalue weighted by Crippen LogP contribution is 2.37. The molecule has 0 atom stereocenters. The van der Waals surface area contributed by atoms with E-state index < -0.39 is 0 Å². The van der Waals surface area contributed by atoms with Crippen LogP contribution in [-0.2, 0) is 17.8 Å². The minimum absolute atomic E-state index is 0.108. The Kier molecular flexibility index (Phi) is 9.04. The molecular formula is C24H21BrFIN2O3. The number of halogens is 3. The van der Waals surface area contributed by atoms with Crippen molar-refractivity contribution in [3.05, 3.63) is 91.2 Å². The van der Waals surface area contributed by atoms with Gasteiger partial charge < -0.3 is 9.47 Å². The lowest BCUT2D eigenvalue weighted by molar-refractivity contribution is -0.120. The molecule has 0 aliphatic carbocycles. The predicted molar refractivity (Wildman–Crippen MR) is 135 cm³/mol. The van der Waals surface area contributed by atoms with Gasteiger partial charge in [0.2, 0.25) is 5.91 Å². The van der Waals surface area contributed by atoms with Crippen LogP contribution in [0.1, 0.15) is 23.6 Å². The van der Waals surface area contributed by atoms with Gasteiger partial charge in [-0.3, -0.25) is 4.79 Å². The molecule has 1 N–H and O–H groups in total. The normalized spacial score (nSPS) is 10.9. The van der Waals surface area contributed by atoms with E-state index in [4.69, 9.17) is 9.47 Å². The Bertz CT molecular complexity index is 1090. The van der Waals surface area contributed by atoms with Crippen LogP contribution in [0.2, 0.25) is 0 Å². The Morgan fingerprint density at radius 2 is 1.78 bits per heavy atom. The summed E-state index contributed by atoms with van der Waals surface area (Å²) in [6.45, 7) is 2.77. The van der Waals surface area contributed by atoms with Crippen LogP contribution >= 0.6 is 38.5 Å². The molecule has 0 aliphatic heterocycles. The van der Waals surface area contributed by atoms with Gasteiger partial charge in [0.1, 0.15) is 12.4 Å². The quantitative estimate of drug-likeness (QED) is 0.187. The molecular weight excluding hydrogens is 590 g/mol. The van der Waals surface area contributed by atoms with Crippen molar-refractivity contribution in [2.45, 2.75) is 20.0 Å². The van der Waals surface area contributed by atoms with Crippen molar-refractivity contribution < 1.29 is 18.7 Å². The fourth-order valence-electron chi connectivity index (χ4n) is 2.81. The molecule has 8 heteroatoms. The minimum atomic E-state index is -0.339. The second-order valence-corrected chi connectivity index (χ2v) is 8.87. The van der Waals surface area contributed by atoms with Gasteiger partial charge in [0, 0.05) is 3.57 Å². The summed E-state index contributed by atoms with van der Waals surface area (Å²) in [5, 5.41) is 4.01. The number of hydrogen-bond acceptors (Lipinski definition) is 4. The number of benzene rings is 3. The van der Waals surface area contributed by atoms with Gasteiger partial charge in [0.05, 0.1) is 23.7 Å². The van der Waals surface area contributed by atoms with Crippen LogP contribution in [0.5, 0.6) is 11.5 Å². The molecule has 0 unspecified atom stereocenters. The number of nitrogens with one attached hydrogen (secondary N) is 1. The molecule has 5 nitrogen and oxygen atoms in total. The SMILES string of the molecule is CCOc1cc(/C=N/NC(=O)Cc2ccc(F)cc2)cc(Br)c1OCc1ccc(I)cc1. The first-order chi connectivity index (χ1) is 15.4. The van der Waals surface area contributed by atoms with Gasteiger partial charge in [-0.25, -0.2) is 9.82 Å². The third-order valence-electron chi connectivity index (χ3n) is 4.31. The van der Waals surface area contributed by atoms with E-state index in [1.54, 1.807) is 18.2 Å². The molecule has 0 radical (unpaired) electrons. The van der Waals surface area contributed by atoms with E-state index in [9.17, 15) is 9.18 Å². The van der Waals surface area contributed by atoms with Gasteiger partial charge in [-0.15, -0.1) is 0 Å². The van der Waals surface area contributed by atoms with Gasteiger partial charge in [0.25, 0.3) is 0 Å². The largest absolute Gasteiger partial charge is 0.490 e. The van der Waals surface area contributed by atoms with E-state index in [0.717, 1.165) is 14.7 Å². The average Bonchev–Trinajstić information content (AvgIpc) is 2.76. The maximum Gasteiger partial charge on any atom is 0.244 e. The number of carbonyl (C=O) groups excluding carboxylic acids is 1. The molecule has 1 amide bonds. The van der Waals surface area contributed by atoms with Crippen LogP contribution in [0.25, 0.3) is 0 Å². The second-order valence-electron chi connectivity index (χ2n) is 6.77. The van der Waals surface area contributed by atoms with Gasteiger partial charge in [-0.05, 0) is 98.5 Å². The summed E-state index contributed by atoms with van der Waals surface area (Å²) in [7, 11) is 0. The summed E-state index contributed by atoms with van der Waals surface area (Å²) in [6, 6.07) is 17.5. The minimum Gasteiger partial charge on any atom is -0.490 e. The number of rotatable bonds is 9. The van der Waals surface area contributed by atoms with Crippen molar-refractivity contribution in [2.75, 3.05) is 6.61 Å². The molecule has 32 heavy (non-hydrogen) atoms. The average molecular weight is 611 g/mol. The van der Waals surface area contributed by atoms with Gasteiger partial charge in [-0.1, -0.05) is 24.3 Å². The maximum absolute atomic E-state index is 13.0. The molecule has 0 spiro atoms. The number of hydrazone groups is 1. The zero-order chi connectivity index (χ0) is 22.9. The van der Waals surface area contributed by atoms with Crippen molar-refractivity contribution in [3.63, 3.8) is 0 Å². The van der Waals surface area contributed by atoms with Crippen LogP contribution in [0.3, 0.4) is 0 Å². The standard InChI is InChI=1S/C24H21BrFIN2O3/c1-2-31-22-12-18(14-28-29-23(30)13-16-3-7-19(26)8-4-16)11-21(25)24(22)32-15-17-5-9-20(27)10-6-17/h3-12,14H,2,13,15H2,1H3,(H,29,30)/b28-14+. The van der Waals surface area contributed by atoms with Crippen LogP contribution in [0.4, 0.5) is 4.39 Å². The lowest BCUT2D eigenvalue weighted by Gasteiger charge is -2.14. The summed E-state index contributed by atoms with van der Waals surface area (Å²) >= 11 is 5.80. The first-order valence-corrected chi connectivity index (χ1v) is 11.7. The highest BCUT2D eigenvalue weighted by Gasteiger charge is 2.12. The predicted octanol–water partition coefficient (Wildman–Crippen LogP) is 5.86. The zero-order valence-corrected chi connectivity index (χ0v) is 21.0. The lowest BCUT2D eigenvalue weighted by Crippen LogP contribution is -2.19. The molecule has 0 saturated heterocycles. The Morgan fingerprint density at radius 3 is 2.47 bits per heavy atom. The summed E-state index contributed by atoms with van der Waals surface area (Å²) in [5.41, 5.74) is 4.96. The van der Waals surface area contributed by atoms with Crippen LogP contribution in [0.15, 0.2) is 70.2 Å². The fraction of sp³-hybridized carbons (Fsp3) is 0.167. The van der Waals surface area contributed by atoms with E-state index >= 15 is 0 Å². The molecule has 0 aliphatic rings. The zero-order valence-electron chi connectivity index (χ0n) is 17.3. The smallest absolute Gasteiger partial charge is 0.244 e. The Labute approximate surface area is 208 Å². The third kappa shape index (κ3) is 7.30. The first kappa shape index (κ1) is 24.2. The molecule has 166 valence electrons. The highest BCUT2D eigenvalue weighted by molar-refractivity contribution is 14.1. The van der Waals surface area contributed by atoms with E-state index in [-0.39, 0.29) is 18.1 Å². The van der Waals surface area contributed by atoms with Crippen molar-refractivity contribution in [1.82, 2.24) is 5.43 Å². The molecule has 0 saturated carbocycles. The lowest BCUT2D eigenvalue weighted by atomic mass is 10.1. The third-order valence-corrected chi connectivity index (χ3v) is 5.62. The molecule has 0 aromatic heterocycles. The Morgan fingerprint density at radius 1 is 1.09 bits per heavy atom. The van der Waals surface area contributed by atoms with E-state index in [1.165, 1.54) is 18.3 Å². The van der Waals surface area contributed by atoms with Crippen LogP contribution in [0, 0.1) is 9.39 Å². The number of carbonyl (C=O) groups is 1. The Balaban J connectivity index is 1.65. The summed E-state index contributed by atoms with van der Waals surface area (Å²) in [6.07, 6.45) is 1.63. The Hall–Kier alpha value is -2.46. The van der Waals surface area contributed by atoms with Crippen LogP contribution < -0.4 is 14.9 Å². The molecule has 3 rings (SSSR count). The number of hydrogen-bond donors (Lipinski definition) is 1. The van der Waals surface area contributed by atoms with Gasteiger partial charge in [0.15, 0.2) is 11.5 Å². The van der Waals surface area contributed by atoms with Crippen LogP contribution in [-0.4, -0.2) is 18.7 Å².